The van der Waals surface area contributed by atoms with Crippen LogP contribution in [-0.2, 0) is 6.54 Å². The molecular weight excluding hydrogens is 268 g/mol. The van der Waals surface area contributed by atoms with E-state index in [-0.39, 0.29) is 0 Å². The molecule has 0 atom stereocenters. The molecule has 1 aromatic carbocycles. The van der Waals surface area contributed by atoms with E-state index >= 15 is 0 Å². The van der Waals surface area contributed by atoms with Gasteiger partial charge in [0.1, 0.15) is 0 Å². The van der Waals surface area contributed by atoms with Gasteiger partial charge in [0.05, 0.1) is 18.4 Å². The van der Waals surface area contributed by atoms with Gasteiger partial charge in [-0.2, -0.15) is 5.10 Å². The number of halogens is 1. The van der Waals surface area contributed by atoms with E-state index in [0.29, 0.717) is 11.7 Å². The average molecular weight is 281 g/mol. The van der Waals surface area contributed by atoms with Crippen LogP contribution >= 0.6 is 23.8 Å². The van der Waals surface area contributed by atoms with Gasteiger partial charge in [0.15, 0.2) is 5.11 Å². The van der Waals surface area contributed by atoms with Crippen LogP contribution in [0.5, 0.6) is 0 Å². The van der Waals surface area contributed by atoms with Crippen LogP contribution < -0.4 is 10.6 Å². The van der Waals surface area contributed by atoms with Crippen molar-refractivity contribution in [2.24, 2.45) is 0 Å². The molecule has 0 saturated carbocycles. The van der Waals surface area contributed by atoms with Crippen LogP contribution in [0.25, 0.3) is 0 Å². The molecule has 0 saturated heterocycles. The first kappa shape index (κ1) is 12.9. The molecule has 0 amide bonds. The molecule has 1 heterocycles. The van der Waals surface area contributed by atoms with Crippen LogP contribution in [0, 0.1) is 0 Å². The van der Waals surface area contributed by atoms with Crippen molar-refractivity contribution in [1.82, 2.24) is 15.1 Å². The lowest BCUT2D eigenvalue weighted by Gasteiger charge is -2.04. The number of benzene rings is 1. The molecule has 0 bridgehead atoms. The Balaban J connectivity index is 2.07. The fourth-order valence-corrected chi connectivity index (χ4v) is 1.82. The summed E-state index contributed by atoms with van der Waals surface area (Å²) in [6, 6.07) is 7.72. The summed E-state index contributed by atoms with van der Waals surface area (Å²) in [7, 11) is 1.77. The van der Waals surface area contributed by atoms with Crippen molar-refractivity contribution >= 4 is 34.6 Å². The van der Waals surface area contributed by atoms with E-state index in [1.807, 2.05) is 35.1 Å². The van der Waals surface area contributed by atoms with Crippen LogP contribution in [-0.4, -0.2) is 21.9 Å². The lowest BCUT2D eigenvalue weighted by Crippen LogP contribution is -2.23. The van der Waals surface area contributed by atoms with Crippen molar-refractivity contribution < 1.29 is 0 Å². The highest BCUT2D eigenvalue weighted by Crippen LogP contribution is 2.16. The highest BCUT2D eigenvalue weighted by molar-refractivity contribution is 7.80. The predicted octanol–water partition coefficient (Wildman–Crippen LogP) is 2.50. The Hall–Kier alpha value is -1.59. The molecule has 94 valence electrons. The minimum Gasteiger partial charge on any atom is -0.366 e. The minimum atomic E-state index is 0.562. The summed E-state index contributed by atoms with van der Waals surface area (Å²) in [5.74, 6) is 0. The zero-order valence-corrected chi connectivity index (χ0v) is 11.4. The van der Waals surface area contributed by atoms with Crippen molar-refractivity contribution in [2.75, 3.05) is 12.4 Å². The highest BCUT2D eigenvalue weighted by Gasteiger charge is 2.03. The Bertz CT molecular complexity index is 553. The van der Waals surface area contributed by atoms with Gasteiger partial charge in [0.25, 0.3) is 0 Å². The van der Waals surface area contributed by atoms with Crippen LogP contribution in [0.1, 0.15) is 5.56 Å². The molecule has 2 aromatic rings. The molecule has 0 radical (unpaired) electrons. The molecule has 4 nitrogen and oxygen atoms in total. The van der Waals surface area contributed by atoms with Crippen molar-refractivity contribution in [3.8, 4) is 0 Å². The first-order valence-electron chi connectivity index (χ1n) is 5.43. The zero-order valence-electron chi connectivity index (χ0n) is 9.85. The number of hydrogen-bond donors (Lipinski definition) is 2. The lowest BCUT2D eigenvalue weighted by atomic mass is 10.2. The molecule has 0 aliphatic carbocycles. The van der Waals surface area contributed by atoms with Gasteiger partial charge in [-0.25, -0.2) is 0 Å². The number of nitrogens with zero attached hydrogens (tertiary/aromatic N) is 2. The third kappa shape index (κ3) is 3.21. The van der Waals surface area contributed by atoms with E-state index in [4.69, 9.17) is 23.8 Å². The summed E-state index contributed by atoms with van der Waals surface area (Å²) in [5.41, 5.74) is 1.88. The molecule has 0 aliphatic rings. The minimum absolute atomic E-state index is 0.562. The van der Waals surface area contributed by atoms with E-state index in [1.54, 1.807) is 13.2 Å². The maximum absolute atomic E-state index is 6.10. The van der Waals surface area contributed by atoms with Gasteiger partial charge in [0.2, 0.25) is 0 Å². The summed E-state index contributed by atoms with van der Waals surface area (Å²) >= 11 is 11.1. The SMILES string of the molecule is CNC(=S)Nc1cnn(Cc2ccccc2Cl)c1. The second-order valence-electron chi connectivity index (χ2n) is 3.72. The fraction of sp³-hybridized carbons (Fsp3) is 0.167. The quantitative estimate of drug-likeness (QED) is 0.848. The van der Waals surface area contributed by atoms with Gasteiger partial charge in [-0.15, -0.1) is 0 Å². The molecule has 18 heavy (non-hydrogen) atoms. The zero-order chi connectivity index (χ0) is 13.0. The number of aromatic nitrogens is 2. The van der Waals surface area contributed by atoms with Crippen LogP contribution in [0.15, 0.2) is 36.7 Å². The Morgan fingerprint density at radius 1 is 1.44 bits per heavy atom. The molecule has 1 aromatic heterocycles. The predicted molar refractivity (Wildman–Crippen MR) is 78.1 cm³/mol. The number of thiocarbonyl (C=S) groups is 1. The smallest absolute Gasteiger partial charge is 0.170 e. The Kier molecular flexibility index (Phi) is 4.17. The van der Waals surface area contributed by atoms with Gasteiger partial charge < -0.3 is 10.6 Å². The third-order valence-electron chi connectivity index (χ3n) is 2.41. The van der Waals surface area contributed by atoms with Gasteiger partial charge >= 0.3 is 0 Å². The van der Waals surface area contributed by atoms with Gasteiger partial charge in [-0.3, -0.25) is 4.68 Å². The maximum atomic E-state index is 6.10. The van der Waals surface area contributed by atoms with E-state index in [2.05, 4.69) is 15.7 Å². The summed E-state index contributed by atoms with van der Waals surface area (Å²) in [4.78, 5) is 0. The van der Waals surface area contributed by atoms with Crippen LogP contribution in [0.4, 0.5) is 5.69 Å². The Labute approximate surface area is 116 Å². The van der Waals surface area contributed by atoms with Crippen molar-refractivity contribution in [3.63, 3.8) is 0 Å². The standard InChI is InChI=1S/C12H13ClN4S/c1-14-12(18)16-10-6-15-17(8-10)7-9-4-2-3-5-11(9)13/h2-6,8H,7H2,1H3,(H2,14,16,18). The van der Waals surface area contributed by atoms with Crippen LogP contribution in [0.2, 0.25) is 5.02 Å². The van der Waals surface area contributed by atoms with Crippen molar-refractivity contribution in [1.29, 1.82) is 0 Å². The van der Waals surface area contributed by atoms with Crippen LogP contribution in [0.3, 0.4) is 0 Å². The number of nitrogens with one attached hydrogen (secondary N) is 2. The first-order chi connectivity index (χ1) is 8.69. The van der Waals surface area contributed by atoms with E-state index < -0.39 is 0 Å². The molecule has 0 fully saturated rings. The molecule has 2 rings (SSSR count). The topological polar surface area (TPSA) is 41.9 Å². The second-order valence-corrected chi connectivity index (χ2v) is 4.54. The summed E-state index contributed by atoms with van der Waals surface area (Å²) in [5, 5.41) is 11.4. The number of hydrogen-bond acceptors (Lipinski definition) is 2. The largest absolute Gasteiger partial charge is 0.366 e. The Morgan fingerprint density at radius 2 is 2.22 bits per heavy atom. The lowest BCUT2D eigenvalue weighted by molar-refractivity contribution is 0.687. The van der Waals surface area contributed by atoms with Gasteiger partial charge in [-0.1, -0.05) is 29.8 Å². The van der Waals surface area contributed by atoms with Crippen molar-refractivity contribution in [3.05, 3.63) is 47.2 Å². The van der Waals surface area contributed by atoms with E-state index in [1.165, 1.54) is 0 Å². The monoisotopic (exact) mass is 280 g/mol. The molecule has 0 aliphatic heterocycles. The molecule has 0 unspecified atom stereocenters. The number of anilines is 1. The third-order valence-corrected chi connectivity index (χ3v) is 3.08. The first-order valence-corrected chi connectivity index (χ1v) is 6.22. The molecule has 0 spiro atoms. The molecule has 6 heteroatoms. The second kappa shape index (κ2) is 5.84. The molecule has 2 N–H and O–H groups in total. The average Bonchev–Trinajstić information content (AvgIpc) is 2.79. The summed E-state index contributed by atoms with van der Waals surface area (Å²) < 4.78 is 1.81. The maximum Gasteiger partial charge on any atom is 0.170 e. The van der Waals surface area contributed by atoms with Gasteiger partial charge in [-0.05, 0) is 23.8 Å². The number of rotatable bonds is 3. The summed E-state index contributed by atoms with van der Waals surface area (Å²) in [6.45, 7) is 0.633. The van der Waals surface area contributed by atoms with E-state index in [9.17, 15) is 0 Å². The normalized spacial score (nSPS) is 10.1. The highest BCUT2D eigenvalue weighted by atomic mass is 35.5. The van der Waals surface area contributed by atoms with Crippen molar-refractivity contribution in [2.45, 2.75) is 6.54 Å². The van der Waals surface area contributed by atoms with E-state index in [0.717, 1.165) is 16.3 Å². The Morgan fingerprint density at radius 3 is 2.94 bits per heavy atom. The molecular formula is C12H13ClN4S. The summed E-state index contributed by atoms with van der Waals surface area (Å²) in [6.07, 6.45) is 3.60. The van der Waals surface area contributed by atoms with Gasteiger partial charge in [0, 0.05) is 18.3 Å². The fourth-order valence-electron chi connectivity index (χ4n) is 1.51.